The first-order chi connectivity index (χ1) is 12.0. The molecule has 0 saturated carbocycles. The molecular weight excluding hydrogens is 370 g/mol. The van der Waals surface area contributed by atoms with Crippen LogP contribution in [0.4, 0.5) is 17.1 Å². The molecule has 0 heterocycles. The molecule has 0 fully saturated rings. The summed E-state index contributed by atoms with van der Waals surface area (Å²) >= 11 is 0. The second kappa shape index (κ2) is 6.76. The minimum absolute atomic E-state index is 0.269. The van der Waals surface area contributed by atoms with Crippen molar-refractivity contribution in [3.8, 4) is 0 Å². The van der Waals surface area contributed by atoms with Crippen LogP contribution in [0, 0.1) is 27.2 Å². The lowest BCUT2D eigenvalue weighted by molar-refractivity contribution is -0.392. The van der Waals surface area contributed by atoms with Crippen LogP contribution in [0.3, 0.4) is 0 Å². The normalized spacial score (nSPS) is 11.0. The van der Waals surface area contributed by atoms with Gasteiger partial charge in [-0.1, -0.05) is 17.7 Å². The van der Waals surface area contributed by atoms with Gasteiger partial charge in [-0.2, -0.15) is 0 Å². The molecule has 0 aliphatic heterocycles. The number of rotatable bonds is 6. The number of aryl methyl sites for hydroxylation is 1. The van der Waals surface area contributed by atoms with Crippen LogP contribution in [0.15, 0.2) is 41.3 Å². The molecule has 0 unspecified atom stereocenters. The molecule has 12 heteroatoms. The van der Waals surface area contributed by atoms with Gasteiger partial charge in [-0.25, -0.2) is 13.2 Å². The molecule has 0 amide bonds. The van der Waals surface area contributed by atoms with Crippen molar-refractivity contribution in [1.82, 2.24) is 0 Å². The fourth-order valence-corrected chi connectivity index (χ4v) is 3.13. The fraction of sp³-hybridized carbons (Fsp3) is 0.0714. The summed E-state index contributed by atoms with van der Waals surface area (Å²) in [7, 11) is -4.38. The first-order valence-electron chi connectivity index (χ1n) is 6.82. The minimum Gasteiger partial charge on any atom is -0.478 e. The molecule has 0 bridgehead atoms. The number of hydrogen-bond acceptors (Lipinski definition) is 7. The quantitative estimate of drug-likeness (QED) is 0.567. The number of benzene rings is 2. The Labute approximate surface area is 146 Å². The summed E-state index contributed by atoms with van der Waals surface area (Å²) in [5.74, 6) is -1.64. The van der Waals surface area contributed by atoms with Crippen molar-refractivity contribution in [2.75, 3.05) is 4.72 Å². The SMILES string of the molecule is Cc1ccc(S(=O)(=O)Nc2c([N+](=O)[O-])cc(C(=O)O)cc2[N+](=O)[O-])cc1. The van der Waals surface area contributed by atoms with E-state index in [-0.39, 0.29) is 4.90 Å². The summed E-state index contributed by atoms with van der Waals surface area (Å²) in [6.07, 6.45) is 0. The third-order valence-electron chi connectivity index (χ3n) is 3.30. The third kappa shape index (κ3) is 3.75. The van der Waals surface area contributed by atoms with Crippen LogP contribution >= 0.6 is 0 Å². The van der Waals surface area contributed by atoms with E-state index in [4.69, 9.17) is 5.11 Å². The van der Waals surface area contributed by atoms with Crippen molar-refractivity contribution in [2.45, 2.75) is 11.8 Å². The first-order valence-corrected chi connectivity index (χ1v) is 8.31. The van der Waals surface area contributed by atoms with Gasteiger partial charge in [-0.3, -0.25) is 25.0 Å². The molecule has 2 aromatic carbocycles. The molecule has 2 rings (SSSR count). The Hall–Kier alpha value is -3.54. The Morgan fingerprint density at radius 2 is 1.50 bits per heavy atom. The van der Waals surface area contributed by atoms with Crippen LogP contribution in [-0.2, 0) is 10.0 Å². The number of nitrogens with one attached hydrogen (secondary N) is 1. The Balaban J connectivity index is 2.67. The van der Waals surface area contributed by atoms with Crippen LogP contribution in [0.2, 0.25) is 0 Å². The van der Waals surface area contributed by atoms with Crippen LogP contribution in [0.5, 0.6) is 0 Å². The molecule has 0 radical (unpaired) electrons. The summed E-state index contributed by atoms with van der Waals surface area (Å²) < 4.78 is 26.6. The van der Waals surface area contributed by atoms with E-state index in [1.54, 1.807) is 6.92 Å². The topological polar surface area (TPSA) is 170 Å². The van der Waals surface area contributed by atoms with Gasteiger partial charge in [0.2, 0.25) is 5.69 Å². The number of hydrogen-bond donors (Lipinski definition) is 2. The highest BCUT2D eigenvalue weighted by molar-refractivity contribution is 7.92. The van der Waals surface area contributed by atoms with E-state index in [1.165, 1.54) is 24.3 Å². The second-order valence-corrected chi connectivity index (χ2v) is 6.81. The van der Waals surface area contributed by atoms with E-state index in [0.717, 1.165) is 5.56 Å². The Kier molecular flexibility index (Phi) is 4.88. The fourth-order valence-electron chi connectivity index (χ4n) is 2.04. The molecule has 0 atom stereocenters. The number of aromatic carboxylic acids is 1. The summed E-state index contributed by atoms with van der Waals surface area (Å²) in [5.41, 5.74) is -2.99. The summed E-state index contributed by atoms with van der Waals surface area (Å²) in [5, 5.41) is 31.3. The lowest BCUT2D eigenvalue weighted by atomic mass is 10.1. The molecule has 11 nitrogen and oxygen atoms in total. The maximum absolute atomic E-state index is 12.4. The van der Waals surface area contributed by atoms with Crippen molar-refractivity contribution >= 4 is 33.1 Å². The average Bonchev–Trinajstić information content (AvgIpc) is 2.54. The third-order valence-corrected chi connectivity index (χ3v) is 4.67. The maximum atomic E-state index is 12.4. The molecule has 2 N–H and O–H groups in total. The number of anilines is 1. The van der Waals surface area contributed by atoms with Gasteiger partial charge in [0.15, 0.2) is 0 Å². The maximum Gasteiger partial charge on any atom is 0.336 e. The molecule has 136 valence electrons. The van der Waals surface area contributed by atoms with Gasteiger partial charge < -0.3 is 5.11 Å². The average molecular weight is 381 g/mol. The standard InChI is InChI=1S/C14H11N3O8S/c1-8-2-4-10(5-3-8)26(24,25)15-13-11(16(20)21)6-9(14(18)19)7-12(13)17(22)23/h2-7,15H,1H3,(H,18,19). The van der Waals surface area contributed by atoms with Crippen molar-refractivity contribution in [3.63, 3.8) is 0 Å². The molecule has 2 aromatic rings. The molecule has 0 aliphatic rings. The summed E-state index contributed by atoms with van der Waals surface area (Å²) in [6.45, 7) is 1.71. The van der Waals surface area contributed by atoms with Crippen molar-refractivity contribution in [1.29, 1.82) is 0 Å². The lowest BCUT2D eigenvalue weighted by Gasteiger charge is -2.10. The van der Waals surface area contributed by atoms with Gasteiger partial charge in [0, 0.05) is 12.1 Å². The Morgan fingerprint density at radius 3 is 1.88 bits per heavy atom. The van der Waals surface area contributed by atoms with Gasteiger partial charge >= 0.3 is 17.3 Å². The van der Waals surface area contributed by atoms with E-state index in [2.05, 4.69) is 0 Å². The van der Waals surface area contributed by atoms with Gasteiger partial charge in [-0.05, 0) is 19.1 Å². The number of nitro groups is 2. The number of nitrogens with zero attached hydrogens (tertiary/aromatic N) is 2. The van der Waals surface area contributed by atoms with E-state index < -0.39 is 48.5 Å². The number of sulfonamides is 1. The zero-order chi connectivity index (χ0) is 19.6. The highest BCUT2D eigenvalue weighted by atomic mass is 32.2. The van der Waals surface area contributed by atoms with Gasteiger partial charge in [0.05, 0.1) is 20.3 Å². The summed E-state index contributed by atoms with van der Waals surface area (Å²) in [4.78, 5) is 30.9. The smallest absolute Gasteiger partial charge is 0.336 e. The molecule has 0 aliphatic carbocycles. The van der Waals surface area contributed by atoms with Crippen molar-refractivity contribution in [3.05, 3.63) is 67.8 Å². The van der Waals surface area contributed by atoms with E-state index in [9.17, 15) is 33.4 Å². The summed E-state index contributed by atoms with van der Waals surface area (Å²) in [6, 6.07) is 6.49. The lowest BCUT2D eigenvalue weighted by Crippen LogP contribution is -2.16. The monoisotopic (exact) mass is 381 g/mol. The zero-order valence-electron chi connectivity index (χ0n) is 13.1. The van der Waals surface area contributed by atoms with Gasteiger partial charge in [0.1, 0.15) is 0 Å². The van der Waals surface area contributed by atoms with Crippen LogP contribution < -0.4 is 4.72 Å². The Bertz CT molecular complexity index is 980. The molecule has 0 spiro atoms. The Morgan fingerprint density at radius 1 is 1.04 bits per heavy atom. The predicted octanol–water partition coefficient (Wildman–Crippen LogP) is 2.31. The molecule has 26 heavy (non-hydrogen) atoms. The zero-order valence-corrected chi connectivity index (χ0v) is 13.9. The predicted molar refractivity (Wildman–Crippen MR) is 88.7 cm³/mol. The van der Waals surface area contributed by atoms with Crippen molar-refractivity contribution in [2.24, 2.45) is 0 Å². The molecular formula is C14H11N3O8S. The highest BCUT2D eigenvalue weighted by Crippen LogP contribution is 2.37. The van der Waals surface area contributed by atoms with Gasteiger partial charge in [0.25, 0.3) is 10.0 Å². The largest absolute Gasteiger partial charge is 0.478 e. The van der Waals surface area contributed by atoms with Crippen LogP contribution in [0.1, 0.15) is 15.9 Å². The van der Waals surface area contributed by atoms with E-state index in [0.29, 0.717) is 12.1 Å². The second-order valence-electron chi connectivity index (χ2n) is 5.13. The van der Waals surface area contributed by atoms with Crippen LogP contribution in [0.25, 0.3) is 0 Å². The van der Waals surface area contributed by atoms with Gasteiger partial charge in [-0.15, -0.1) is 0 Å². The molecule has 0 aromatic heterocycles. The van der Waals surface area contributed by atoms with Crippen LogP contribution in [-0.4, -0.2) is 29.3 Å². The number of carbonyl (C=O) groups is 1. The minimum atomic E-state index is -4.38. The van der Waals surface area contributed by atoms with Crippen molar-refractivity contribution < 1.29 is 28.2 Å². The number of carboxylic acids is 1. The number of nitro benzene ring substituents is 2. The van der Waals surface area contributed by atoms with E-state index in [1.807, 2.05) is 4.72 Å². The molecule has 0 saturated heterocycles. The highest BCUT2D eigenvalue weighted by Gasteiger charge is 2.32. The number of carboxylic acid groups (broad SMARTS) is 1. The first kappa shape index (κ1) is 18.8. The van der Waals surface area contributed by atoms with E-state index >= 15 is 0 Å².